The van der Waals surface area contributed by atoms with Crippen LogP contribution >= 0.6 is 0 Å². The molecule has 2 rings (SSSR count). The van der Waals surface area contributed by atoms with Crippen LogP contribution in [0.5, 0.6) is 11.5 Å². The molecular weight excluding hydrogens is 332 g/mol. The Morgan fingerprint density at radius 2 is 1.87 bits per heavy atom. The van der Waals surface area contributed by atoms with Gasteiger partial charge in [0.2, 0.25) is 0 Å². The molecule has 0 saturated carbocycles. The first-order valence-corrected chi connectivity index (χ1v) is 8.22. The van der Waals surface area contributed by atoms with Gasteiger partial charge in [-0.15, -0.1) is 0 Å². The molecule has 10 heteroatoms. The summed E-state index contributed by atoms with van der Waals surface area (Å²) < 4.78 is 37.0. The number of carbonyl (C=O) groups is 2. The van der Waals surface area contributed by atoms with E-state index in [9.17, 15) is 18.0 Å². The molecule has 126 valence electrons. The van der Waals surface area contributed by atoms with Gasteiger partial charge in [-0.2, -0.15) is 8.42 Å². The molecule has 9 nitrogen and oxygen atoms in total. The molecule has 1 unspecified atom stereocenters. The van der Waals surface area contributed by atoms with E-state index < -0.39 is 33.9 Å². The van der Waals surface area contributed by atoms with E-state index >= 15 is 0 Å². The highest BCUT2D eigenvalue weighted by Crippen LogP contribution is 2.42. The predicted octanol–water partition coefficient (Wildman–Crippen LogP) is 0.230. The van der Waals surface area contributed by atoms with Gasteiger partial charge < -0.3 is 19.7 Å². The Balaban J connectivity index is 2.31. The Hall–Kier alpha value is -2.33. The van der Waals surface area contributed by atoms with E-state index in [0.29, 0.717) is 5.56 Å². The van der Waals surface area contributed by atoms with Crippen molar-refractivity contribution in [2.45, 2.75) is 25.2 Å². The maximum atomic E-state index is 11.2. The summed E-state index contributed by atoms with van der Waals surface area (Å²) in [7, 11) is -3.67. The van der Waals surface area contributed by atoms with Crippen molar-refractivity contribution in [1.29, 1.82) is 0 Å². The summed E-state index contributed by atoms with van der Waals surface area (Å²) in [5.41, 5.74) is 0.364. The van der Waals surface area contributed by atoms with Gasteiger partial charge in [-0.3, -0.25) is 4.18 Å². The second kappa shape index (κ2) is 5.70. The minimum absolute atomic E-state index is 0.0505. The van der Waals surface area contributed by atoms with Gasteiger partial charge in [0.1, 0.15) is 0 Å². The lowest BCUT2D eigenvalue weighted by molar-refractivity contribution is -0.194. The number of hydrogen-bond donors (Lipinski definition) is 2. The molecule has 0 saturated heterocycles. The molecule has 0 bridgehead atoms. The monoisotopic (exact) mass is 346 g/mol. The molecule has 0 fully saturated rings. The van der Waals surface area contributed by atoms with Crippen LogP contribution in [0.25, 0.3) is 0 Å². The van der Waals surface area contributed by atoms with Crippen LogP contribution in [0.2, 0.25) is 0 Å². The number of fused-ring (bicyclic) bond motifs is 1. The average Bonchev–Trinajstić information content (AvgIpc) is 2.78. The number of hydrogen-bond acceptors (Lipinski definition) is 7. The average molecular weight is 346 g/mol. The Morgan fingerprint density at radius 1 is 1.26 bits per heavy atom. The molecule has 0 amide bonds. The summed E-state index contributed by atoms with van der Waals surface area (Å²) in [6, 6.07) is 4.39. The zero-order valence-electron chi connectivity index (χ0n) is 12.2. The van der Waals surface area contributed by atoms with Crippen LogP contribution in [0.15, 0.2) is 18.2 Å². The lowest BCUT2D eigenvalue weighted by Crippen LogP contribution is -2.54. The van der Waals surface area contributed by atoms with Crippen LogP contribution in [-0.4, -0.2) is 48.7 Å². The first kappa shape index (κ1) is 17.0. The minimum Gasteiger partial charge on any atom is -0.475 e. The third kappa shape index (κ3) is 3.37. The minimum atomic E-state index is -3.67. The number of ether oxygens (including phenoxy) is 2. The van der Waals surface area contributed by atoms with Crippen molar-refractivity contribution in [2.24, 2.45) is 0 Å². The van der Waals surface area contributed by atoms with Crippen molar-refractivity contribution >= 4 is 22.1 Å². The number of rotatable bonds is 6. The van der Waals surface area contributed by atoms with E-state index in [0.717, 1.165) is 6.26 Å². The standard InChI is InChI=1S/C13H14O9S/c1-7(22-23(2,18)19)6-8-4-3-5-9-10(8)21-13(20-9,11(14)15)12(16)17/h3-5,7H,6H2,1-2H3,(H,14,15)(H,16,17). The Labute approximate surface area is 131 Å². The molecule has 1 atom stereocenters. The Kier molecular flexibility index (Phi) is 4.22. The summed E-state index contributed by atoms with van der Waals surface area (Å²) in [6.45, 7) is 1.50. The molecule has 0 radical (unpaired) electrons. The molecular formula is C13H14O9S. The summed E-state index contributed by atoms with van der Waals surface area (Å²) in [6.07, 6.45) is 0.192. The topological polar surface area (TPSA) is 136 Å². The van der Waals surface area contributed by atoms with Crippen molar-refractivity contribution in [3.05, 3.63) is 23.8 Å². The van der Waals surface area contributed by atoms with Crippen LogP contribution in [-0.2, 0) is 30.3 Å². The van der Waals surface area contributed by atoms with Crippen molar-refractivity contribution in [3.63, 3.8) is 0 Å². The smallest absolute Gasteiger partial charge is 0.453 e. The van der Waals surface area contributed by atoms with Crippen molar-refractivity contribution in [1.82, 2.24) is 0 Å². The predicted molar refractivity (Wildman–Crippen MR) is 74.8 cm³/mol. The van der Waals surface area contributed by atoms with Crippen molar-refractivity contribution in [3.8, 4) is 11.5 Å². The van der Waals surface area contributed by atoms with Gasteiger partial charge in [-0.05, 0) is 13.0 Å². The highest BCUT2D eigenvalue weighted by molar-refractivity contribution is 7.86. The SMILES string of the molecule is CC(Cc1cccc2c1OC(C(=O)O)(C(=O)O)O2)OS(C)(=O)=O. The highest BCUT2D eigenvalue weighted by atomic mass is 32.2. The van der Waals surface area contributed by atoms with E-state index in [1.165, 1.54) is 25.1 Å². The van der Waals surface area contributed by atoms with Crippen LogP contribution < -0.4 is 9.47 Å². The Morgan fingerprint density at radius 3 is 2.39 bits per heavy atom. The third-order valence-electron chi connectivity index (χ3n) is 2.97. The molecule has 0 spiro atoms. The van der Waals surface area contributed by atoms with Crippen LogP contribution in [0, 0.1) is 0 Å². The molecule has 1 aromatic rings. The fourth-order valence-electron chi connectivity index (χ4n) is 2.15. The van der Waals surface area contributed by atoms with Gasteiger partial charge >= 0.3 is 17.7 Å². The fraction of sp³-hybridized carbons (Fsp3) is 0.385. The van der Waals surface area contributed by atoms with Crippen molar-refractivity contribution in [2.75, 3.05) is 6.26 Å². The third-order valence-corrected chi connectivity index (χ3v) is 3.65. The molecule has 0 aliphatic carbocycles. The summed E-state index contributed by atoms with van der Waals surface area (Å²) in [5.74, 6) is -6.61. The number of para-hydroxylation sites is 1. The lowest BCUT2D eigenvalue weighted by atomic mass is 10.1. The number of aliphatic carboxylic acids is 2. The summed E-state index contributed by atoms with van der Waals surface area (Å²) >= 11 is 0. The molecule has 1 aliphatic rings. The number of benzene rings is 1. The normalized spacial score (nSPS) is 16.8. The van der Waals surface area contributed by atoms with Crippen molar-refractivity contribution < 1.29 is 41.9 Å². The van der Waals surface area contributed by atoms with E-state index in [-0.39, 0.29) is 17.9 Å². The van der Waals surface area contributed by atoms with E-state index in [4.69, 9.17) is 23.9 Å². The molecule has 23 heavy (non-hydrogen) atoms. The molecule has 1 aromatic carbocycles. The zero-order valence-corrected chi connectivity index (χ0v) is 13.0. The molecule has 0 aromatic heterocycles. The van der Waals surface area contributed by atoms with Gasteiger partial charge in [0, 0.05) is 12.0 Å². The largest absolute Gasteiger partial charge is 0.475 e. The lowest BCUT2D eigenvalue weighted by Gasteiger charge is -2.17. The fourth-order valence-corrected chi connectivity index (χ4v) is 2.81. The quantitative estimate of drug-likeness (QED) is 0.548. The van der Waals surface area contributed by atoms with Gasteiger partial charge in [-0.25, -0.2) is 9.59 Å². The second-order valence-corrected chi connectivity index (χ2v) is 6.59. The maximum Gasteiger partial charge on any atom is 0.453 e. The molecule has 2 N–H and O–H groups in total. The number of carboxylic acid groups (broad SMARTS) is 2. The zero-order chi connectivity index (χ0) is 17.4. The Bertz CT molecular complexity index is 739. The van der Waals surface area contributed by atoms with Gasteiger partial charge in [-0.1, -0.05) is 12.1 Å². The van der Waals surface area contributed by atoms with Gasteiger partial charge in [0.15, 0.2) is 11.5 Å². The summed E-state index contributed by atoms with van der Waals surface area (Å²) in [5, 5.41) is 18.2. The first-order chi connectivity index (χ1) is 10.5. The van der Waals surface area contributed by atoms with Gasteiger partial charge in [0.25, 0.3) is 10.1 Å². The van der Waals surface area contributed by atoms with E-state index in [1.807, 2.05) is 0 Å². The summed E-state index contributed by atoms with van der Waals surface area (Å²) in [4.78, 5) is 22.4. The van der Waals surface area contributed by atoms with Crippen LogP contribution in [0.3, 0.4) is 0 Å². The maximum absolute atomic E-state index is 11.2. The first-order valence-electron chi connectivity index (χ1n) is 6.40. The number of carboxylic acids is 2. The van der Waals surface area contributed by atoms with Gasteiger partial charge in [0.05, 0.1) is 12.4 Å². The second-order valence-electron chi connectivity index (χ2n) is 4.99. The van der Waals surface area contributed by atoms with Crippen LogP contribution in [0.1, 0.15) is 12.5 Å². The van der Waals surface area contributed by atoms with E-state index in [2.05, 4.69) is 0 Å². The highest BCUT2D eigenvalue weighted by Gasteiger charge is 2.58. The molecule has 1 aliphatic heterocycles. The van der Waals surface area contributed by atoms with E-state index in [1.54, 1.807) is 0 Å². The van der Waals surface area contributed by atoms with Crippen LogP contribution in [0.4, 0.5) is 0 Å². The molecule has 1 heterocycles.